The van der Waals surface area contributed by atoms with E-state index in [1.54, 1.807) is 22.8 Å². The van der Waals surface area contributed by atoms with E-state index in [1.807, 2.05) is 13.8 Å². The smallest absolute Gasteiger partial charge is 0.408 e. The fourth-order valence-corrected chi connectivity index (χ4v) is 1.54. The minimum absolute atomic E-state index is 0. The quantitative estimate of drug-likeness (QED) is 0.761. The third kappa shape index (κ3) is 1.85. The Bertz CT molecular complexity index is 528. The average Bonchev–Trinajstić information content (AvgIpc) is 2.39. The van der Waals surface area contributed by atoms with Crippen molar-refractivity contribution in [1.29, 1.82) is 0 Å². The van der Waals surface area contributed by atoms with Gasteiger partial charge in [-0.15, -0.1) is 12.4 Å². The van der Waals surface area contributed by atoms with Gasteiger partial charge < -0.3 is 10.2 Å². The average molecular weight is 229 g/mol. The number of hydrogen-bond acceptors (Lipinski definition) is 3. The van der Waals surface area contributed by atoms with E-state index in [2.05, 4.69) is 0 Å². The van der Waals surface area contributed by atoms with Crippen LogP contribution in [0.25, 0.3) is 11.1 Å². The number of anilines is 1. The van der Waals surface area contributed by atoms with Gasteiger partial charge in [-0.3, -0.25) is 4.57 Å². The molecule has 5 heteroatoms. The zero-order valence-electron chi connectivity index (χ0n) is 8.56. The standard InChI is InChI=1S/C10H12N2O2.ClH/c1-6(2)12-8-4-3-7(11)5-9(8)14-10(12)13;/h3-6H,11H2,1-2H3;1H. The van der Waals surface area contributed by atoms with E-state index < -0.39 is 0 Å². The van der Waals surface area contributed by atoms with Gasteiger partial charge >= 0.3 is 5.76 Å². The summed E-state index contributed by atoms with van der Waals surface area (Å²) in [6.45, 7) is 3.87. The highest BCUT2D eigenvalue weighted by molar-refractivity contribution is 5.85. The summed E-state index contributed by atoms with van der Waals surface area (Å²) in [5.41, 5.74) is 7.52. The summed E-state index contributed by atoms with van der Waals surface area (Å²) < 4.78 is 6.67. The maximum absolute atomic E-state index is 11.4. The molecule has 82 valence electrons. The summed E-state index contributed by atoms with van der Waals surface area (Å²) in [4.78, 5) is 11.4. The zero-order chi connectivity index (χ0) is 10.3. The van der Waals surface area contributed by atoms with Gasteiger partial charge in [-0.2, -0.15) is 0 Å². The maximum Gasteiger partial charge on any atom is 0.420 e. The molecule has 2 N–H and O–H groups in total. The Morgan fingerprint density at radius 3 is 2.67 bits per heavy atom. The highest BCUT2D eigenvalue weighted by Crippen LogP contribution is 2.18. The van der Waals surface area contributed by atoms with Crippen molar-refractivity contribution in [3.05, 3.63) is 28.7 Å². The van der Waals surface area contributed by atoms with Crippen LogP contribution < -0.4 is 11.5 Å². The fourth-order valence-electron chi connectivity index (χ4n) is 1.54. The molecule has 1 heterocycles. The summed E-state index contributed by atoms with van der Waals surface area (Å²) in [6.07, 6.45) is 0. The molecule has 0 aliphatic heterocycles. The minimum Gasteiger partial charge on any atom is -0.408 e. The first-order chi connectivity index (χ1) is 6.59. The maximum atomic E-state index is 11.4. The lowest BCUT2D eigenvalue weighted by Gasteiger charge is -2.04. The Labute approximate surface area is 93.1 Å². The van der Waals surface area contributed by atoms with Gasteiger partial charge in [0, 0.05) is 17.8 Å². The molecular formula is C10H13ClN2O2. The molecule has 0 aliphatic rings. The molecule has 0 saturated heterocycles. The number of oxazole rings is 1. The van der Waals surface area contributed by atoms with Crippen molar-refractivity contribution in [2.45, 2.75) is 19.9 Å². The van der Waals surface area contributed by atoms with Crippen LogP contribution >= 0.6 is 12.4 Å². The summed E-state index contributed by atoms with van der Waals surface area (Å²) in [6, 6.07) is 5.31. The monoisotopic (exact) mass is 228 g/mol. The lowest BCUT2D eigenvalue weighted by atomic mass is 10.2. The van der Waals surface area contributed by atoms with Crippen LogP contribution in [0.1, 0.15) is 19.9 Å². The first kappa shape index (κ1) is 11.7. The Hall–Kier alpha value is -1.42. The number of nitrogens with two attached hydrogens (primary N) is 1. The molecule has 0 spiro atoms. The summed E-state index contributed by atoms with van der Waals surface area (Å²) in [5, 5.41) is 0. The second kappa shape index (κ2) is 3.98. The zero-order valence-corrected chi connectivity index (χ0v) is 9.38. The summed E-state index contributed by atoms with van der Waals surface area (Å²) in [7, 11) is 0. The number of benzene rings is 1. The normalized spacial score (nSPS) is 10.6. The van der Waals surface area contributed by atoms with Crippen LogP contribution in [0.5, 0.6) is 0 Å². The van der Waals surface area contributed by atoms with Crippen molar-refractivity contribution in [2.24, 2.45) is 0 Å². The second-order valence-corrected chi connectivity index (χ2v) is 3.56. The molecular weight excluding hydrogens is 216 g/mol. The molecule has 0 fully saturated rings. The van der Waals surface area contributed by atoms with Crippen LogP contribution in [0, 0.1) is 0 Å². The third-order valence-corrected chi connectivity index (χ3v) is 2.15. The topological polar surface area (TPSA) is 61.2 Å². The van der Waals surface area contributed by atoms with Gasteiger partial charge in [0.05, 0.1) is 5.52 Å². The van der Waals surface area contributed by atoms with Crippen molar-refractivity contribution in [3.8, 4) is 0 Å². The Balaban J connectivity index is 0.00000112. The molecule has 0 radical (unpaired) electrons. The Kier molecular flexibility index (Phi) is 3.09. The number of hydrogen-bond donors (Lipinski definition) is 1. The molecule has 0 aliphatic carbocycles. The summed E-state index contributed by atoms with van der Waals surface area (Å²) >= 11 is 0. The van der Waals surface area contributed by atoms with E-state index in [4.69, 9.17) is 10.2 Å². The van der Waals surface area contributed by atoms with Crippen LogP contribution in [0.15, 0.2) is 27.4 Å². The van der Waals surface area contributed by atoms with E-state index in [-0.39, 0.29) is 24.2 Å². The van der Waals surface area contributed by atoms with E-state index in [9.17, 15) is 4.79 Å². The van der Waals surface area contributed by atoms with Crippen molar-refractivity contribution >= 4 is 29.2 Å². The summed E-state index contributed by atoms with van der Waals surface area (Å²) in [5.74, 6) is -0.333. The van der Waals surface area contributed by atoms with Crippen LogP contribution in [0.4, 0.5) is 5.69 Å². The molecule has 1 aromatic heterocycles. The third-order valence-electron chi connectivity index (χ3n) is 2.15. The van der Waals surface area contributed by atoms with Crippen LogP contribution in [-0.2, 0) is 0 Å². The number of fused-ring (bicyclic) bond motifs is 1. The first-order valence-corrected chi connectivity index (χ1v) is 4.50. The van der Waals surface area contributed by atoms with Crippen LogP contribution in [0.2, 0.25) is 0 Å². The van der Waals surface area contributed by atoms with Gasteiger partial charge in [0.2, 0.25) is 0 Å². The fraction of sp³-hybridized carbons (Fsp3) is 0.300. The second-order valence-electron chi connectivity index (χ2n) is 3.56. The predicted octanol–water partition coefficient (Wildman–Crippen LogP) is 2.18. The molecule has 0 amide bonds. The minimum atomic E-state index is -0.333. The number of halogens is 1. The molecule has 2 rings (SSSR count). The number of rotatable bonds is 1. The Morgan fingerprint density at radius 2 is 2.07 bits per heavy atom. The van der Waals surface area contributed by atoms with Gasteiger partial charge in [0.1, 0.15) is 0 Å². The molecule has 4 nitrogen and oxygen atoms in total. The lowest BCUT2D eigenvalue weighted by Crippen LogP contribution is -2.15. The first-order valence-electron chi connectivity index (χ1n) is 4.50. The van der Waals surface area contributed by atoms with Crippen LogP contribution in [0.3, 0.4) is 0 Å². The number of aromatic nitrogens is 1. The van der Waals surface area contributed by atoms with Gasteiger partial charge in [-0.25, -0.2) is 4.79 Å². The van der Waals surface area contributed by atoms with E-state index in [0.29, 0.717) is 11.3 Å². The molecule has 0 unspecified atom stereocenters. The molecule has 0 saturated carbocycles. The van der Waals surface area contributed by atoms with E-state index in [1.165, 1.54) is 0 Å². The number of nitrogen functional groups attached to an aromatic ring is 1. The molecule has 15 heavy (non-hydrogen) atoms. The van der Waals surface area contributed by atoms with Crippen molar-refractivity contribution in [1.82, 2.24) is 4.57 Å². The van der Waals surface area contributed by atoms with Crippen molar-refractivity contribution in [2.75, 3.05) is 5.73 Å². The molecule has 0 bridgehead atoms. The predicted molar refractivity (Wildman–Crippen MR) is 62.5 cm³/mol. The Morgan fingerprint density at radius 1 is 1.40 bits per heavy atom. The van der Waals surface area contributed by atoms with E-state index in [0.717, 1.165) is 5.52 Å². The van der Waals surface area contributed by atoms with E-state index >= 15 is 0 Å². The van der Waals surface area contributed by atoms with Gasteiger partial charge in [-0.05, 0) is 26.0 Å². The molecule has 0 atom stereocenters. The van der Waals surface area contributed by atoms with Crippen LogP contribution in [-0.4, -0.2) is 4.57 Å². The lowest BCUT2D eigenvalue weighted by molar-refractivity contribution is 0.478. The highest BCUT2D eigenvalue weighted by Gasteiger charge is 2.11. The van der Waals surface area contributed by atoms with Gasteiger partial charge in [-0.1, -0.05) is 0 Å². The largest absolute Gasteiger partial charge is 0.420 e. The SMILES string of the molecule is CC(C)n1c(=O)oc2cc(N)ccc21.Cl. The molecule has 2 aromatic rings. The van der Waals surface area contributed by atoms with Crippen molar-refractivity contribution in [3.63, 3.8) is 0 Å². The highest BCUT2D eigenvalue weighted by atomic mass is 35.5. The van der Waals surface area contributed by atoms with Gasteiger partial charge in [0.25, 0.3) is 0 Å². The number of nitrogens with zero attached hydrogens (tertiary/aromatic N) is 1. The van der Waals surface area contributed by atoms with Crippen molar-refractivity contribution < 1.29 is 4.42 Å². The molecule has 1 aromatic carbocycles. The van der Waals surface area contributed by atoms with Gasteiger partial charge in [0.15, 0.2) is 5.58 Å².